The van der Waals surface area contributed by atoms with E-state index < -0.39 is 11.9 Å². The van der Waals surface area contributed by atoms with Crippen molar-refractivity contribution < 1.29 is 51.5 Å². The van der Waals surface area contributed by atoms with Crippen molar-refractivity contribution in [2.75, 3.05) is 0 Å². The van der Waals surface area contributed by atoms with Gasteiger partial charge >= 0.3 is 11.9 Å². The Morgan fingerprint density at radius 1 is 0.667 bits per heavy atom. The van der Waals surface area contributed by atoms with Gasteiger partial charge < -0.3 is 15.7 Å². The number of carbonyl (C=O) groups is 2. The van der Waals surface area contributed by atoms with Crippen LogP contribution in [-0.4, -0.2) is 27.6 Å². The largest absolute Gasteiger partial charge is 0.481 e. The van der Waals surface area contributed by atoms with E-state index in [0.29, 0.717) is 12.8 Å². The molecule has 0 aliphatic rings. The molecule has 0 radical (unpaired) electrons. The Hall–Kier alpha value is -0.217. The minimum Gasteiger partial charge on any atom is -0.481 e. The van der Waals surface area contributed by atoms with Gasteiger partial charge in [0.1, 0.15) is 0 Å². The number of unbranched alkanes of at least 4 members (excludes halogenated alkanes) is 4. The molecule has 0 rings (SSSR count). The molecule has 24 heavy (non-hydrogen) atoms. The third kappa shape index (κ3) is 37.8. The fraction of sp³-hybridized carbons (Fsp3) is 0.889. The number of aliphatic carboxylic acids is 2. The van der Waals surface area contributed by atoms with E-state index in [9.17, 15) is 9.59 Å². The molecule has 0 aliphatic heterocycles. The molecule has 0 atom stereocenters. The average Bonchev–Trinajstić information content (AvgIpc) is 2.37. The zero-order valence-corrected chi connectivity index (χ0v) is 18.4. The Kier molecular flexibility index (Phi) is 29.9. The van der Waals surface area contributed by atoms with E-state index in [1.165, 1.54) is 25.7 Å². The third-order valence-electron chi connectivity index (χ3n) is 3.34. The first kappa shape index (κ1) is 31.5. The van der Waals surface area contributed by atoms with Gasteiger partial charge in [-0.15, -0.1) is 0 Å². The first-order chi connectivity index (χ1) is 10.3. The van der Waals surface area contributed by atoms with E-state index in [1.54, 1.807) is 0 Å². The summed E-state index contributed by atoms with van der Waals surface area (Å²) < 4.78 is 0. The molecule has 0 heterocycles. The van der Waals surface area contributed by atoms with Crippen LogP contribution in [0.4, 0.5) is 0 Å². The van der Waals surface area contributed by atoms with Crippen molar-refractivity contribution >= 4 is 11.9 Å². The van der Waals surface area contributed by atoms with Crippen molar-refractivity contribution in [1.29, 1.82) is 0 Å². The molecule has 0 fully saturated rings. The monoisotopic (exact) mass is 424 g/mol. The van der Waals surface area contributed by atoms with Gasteiger partial charge in [-0.25, -0.2) is 0 Å². The summed E-state index contributed by atoms with van der Waals surface area (Å²) in [6, 6.07) is 0. The SMILES string of the molecule is CC(C)CCCCCC(=O)O.CC(C)CCCCCC(=O)O.O.[Zr]. The van der Waals surface area contributed by atoms with Crippen molar-refractivity contribution in [3.8, 4) is 0 Å². The van der Waals surface area contributed by atoms with Crippen LogP contribution in [-0.2, 0) is 35.8 Å². The summed E-state index contributed by atoms with van der Waals surface area (Å²) in [4.78, 5) is 20.2. The molecule has 0 aromatic carbocycles. The van der Waals surface area contributed by atoms with Gasteiger partial charge in [0.25, 0.3) is 0 Å². The molecule has 0 saturated carbocycles. The fourth-order valence-electron chi connectivity index (χ4n) is 2.01. The maximum atomic E-state index is 10.1. The molecule has 0 aromatic heterocycles. The second kappa shape index (κ2) is 22.8. The first-order valence-corrected chi connectivity index (χ1v) is 8.69. The van der Waals surface area contributed by atoms with E-state index in [0.717, 1.165) is 37.5 Å². The molecular formula is C18H38O5Zr. The molecule has 0 spiro atoms. The number of carboxylic acid groups (broad SMARTS) is 2. The summed E-state index contributed by atoms with van der Waals surface area (Å²) in [6.07, 6.45) is 9.24. The summed E-state index contributed by atoms with van der Waals surface area (Å²) in [5.41, 5.74) is 0. The molecule has 144 valence electrons. The van der Waals surface area contributed by atoms with Crippen molar-refractivity contribution in [2.45, 2.75) is 91.9 Å². The molecular weight excluding hydrogens is 387 g/mol. The molecule has 0 aliphatic carbocycles. The van der Waals surface area contributed by atoms with E-state index in [1.807, 2.05) is 0 Å². The summed E-state index contributed by atoms with van der Waals surface area (Å²) in [7, 11) is 0. The van der Waals surface area contributed by atoms with Crippen LogP contribution >= 0.6 is 0 Å². The van der Waals surface area contributed by atoms with Gasteiger partial charge in [0.05, 0.1) is 0 Å². The molecule has 0 bridgehead atoms. The van der Waals surface area contributed by atoms with Crippen LogP contribution in [0.25, 0.3) is 0 Å². The van der Waals surface area contributed by atoms with Crippen LogP contribution in [0.1, 0.15) is 91.9 Å². The van der Waals surface area contributed by atoms with Gasteiger partial charge in [-0.2, -0.15) is 0 Å². The van der Waals surface area contributed by atoms with Crippen molar-refractivity contribution in [2.24, 2.45) is 11.8 Å². The van der Waals surface area contributed by atoms with Gasteiger partial charge in [-0.1, -0.05) is 66.2 Å². The second-order valence-corrected chi connectivity index (χ2v) is 6.77. The minimum atomic E-state index is -0.672. The van der Waals surface area contributed by atoms with Gasteiger partial charge in [0.2, 0.25) is 0 Å². The van der Waals surface area contributed by atoms with Crippen molar-refractivity contribution in [3.05, 3.63) is 0 Å². The number of carboxylic acids is 2. The summed E-state index contributed by atoms with van der Waals surface area (Å²) in [5.74, 6) is 0.156. The predicted molar refractivity (Wildman–Crippen MR) is 94.7 cm³/mol. The van der Waals surface area contributed by atoms with E-state index in [2.05, 4.69) is 27.7 Å². The molecule has 0 unspecified atom stereocenters. The minimum absolute atomic E-state index is 0. The first-order valence-electron chi connectivity index (χ1n) is 8.69. The van der Waals surface area contributed by atoms with Crippen LogP contribution in [0.2, 0.25) is 0 Å². The molecule has 0 saturated heterocycles. The molecule has 5 nitrogen and oxygen atoms in total. The van der Waals surface area contributed by atoms with Crippen LogP contribution in [0.3, 0.4) is 0 Å². The number of hydrogen-bond donors (Lipinski definition) is 2. The Balaban J connectivity index is -0.000000154. The van der Waals surface area contributed by atoms with Crippen LogP contribution in [0.15, 0.2) is 0 Å². The standard InChI is InChI=1S/2C9H18O2.H2O.Zr/c2*1-8(2)6-4-3-5-7-9(10)11;;/h2*8H,3-7H2,1-2H3,(H,10,11);1H2;. The zero-order chi connectivity index (χ0) is 17.4. The fourth-order valence-corrected chi connectivity index (χ4v) is 2.01. The normalized spacial score (nSPS) is 9.58. The summed E-state index contributed by atoms with van der Waals surface area (Å²) in [6.45, 7) is 8.77. The topological polar surface area (TPSA) is 106 Å². The van der Waals surface area contributed by atoms with E-state index >= 15 is 0 Å². The van der Waals surface area contributed by atoms with Crippen molar-refractivity contribution in [3.63, 3.8) is 0 Å². The summed E-state index contributed by atoms with van der Waals surface area (Å²) >= 11 is 0. The average molecular weight is 426 g/mol. The van der Waals surface area contributed by atoms with Gasteiger partial charge in [0.15, 0.2) is 0 Å². The second-order valence-electron chi connectivity index (χ2n) is 6.77. The quantitative estimate of drug-likeness (QED) is 0.448. The maximum absolute atomic E-state index is 10.1. The molecule has 0 amide bonds. The van der Waals surface area contributed by atoms with Crippen LogP contribution in [0.5, 0.6) is 0 Å². The molecule has 4 N–H and O–H groups in total. The van der Waals surface area contributed by atoms with E-state index in [4.69, 9.17) is 10.2 Å². The zero-order valence-electron chi connectivity index (χ0n) is 15.9. The van der Waals surface area contributed by atoms with Crippen LogP contribution in [0, 0.1) is 11.8 Å². The van der Waals surface area contributed by atoms with Crippen molar-refractivity contribution in [1.82, 2.24) is 0 Å². The Morgan fingerprint density at radius 3 is 1.17 bits per heavy atom. The Bertz CT molecular complexity index is 253. The maximum Gasteiger partial charge on any atom is 0.303 e. The Morgan fingerprint density at radius 2 is 0.958 bits per heavy atom. The molecule has 0 aromatic rings. The Labute approximate surface area is 167 Å². The van der Waals surface area contributed by atoms with Gasteiger partial charge in [0, 0.05) is 39.0 Å². The van der Waals surface area contributed by atoms with Gasteiger partial charge in [-0.05, 0) is 24.7 Å². The van der Waals surface area contributed by atoms with Crippen LogP contribution < -0.4 is 0 Å². The smallest absolute Gasteiger partial charge is 0.303 e. The predicted octanol–water partition coefficient (Wildman–Crippen LogP) is 4.53. The molecule has 6 heteroatoms. The number of hydrogen-bond acceptors (Lipinski definition) is 2. The third-order valence-corrected chi connectivity index (χ3v) is 3.34. The van der Waals surface area contributed by atoms with E-state index in [-0.39, 0.29) is 31.7 Å². The number of rotatable bonds is 12. The van der Waals surface area contributed by atoms with Gasteiger partial charge in [-0.3, -0.25) is 9.59 Å². The summed E-state index contributed by atoms with van der Waals surface area (Å²) in [5, 5.41) is 16.6.